The van der Waals surface area contributed by atoms with Crippen molar-refractivity contribution in [3.05, 3.63) is 28.5 Å². The molecule has 1 atom stereocenters. The number of anilines is 1. The number of nitrogens with one attached hydrogen (secondary N) is 1. The molecule has 1 aromatic heterocycles. The largest absolute Gasteiger partial charge is 0.493 e. The summed E-state index contributed by atoms with van der Waals surface area (Å²) in [6, 6.07) is 3.40. The number of hydrogen-bond acceptors (Lipinski definition) is 5. The van der Waals surface area contributed by atoms with E-state index < -0.39 is 0 Å². The van der Waals surface area contributed by atoms with E-state index in [1.54, 1.807) is 11.8 Å². The average Bonchev–Trinajstić information content (AvgIpc) is 3.00. The Kier molecular flexibility index (Phi) is 4.21. The molecule has 8 heteroatoms. The molecule has 1 aliphatic rings. The third kappa shape index (κ3) is 2.87. The first-order valence-electron chi connectivity index (χ1n) is 6.77. The van der Waals surface area contributed by atoms with Gasteiger partial charge in [0.2, 0.25) is 11.9 Å². The summed E-state index contributed by atoms with van der Waals surface area (Å²) in [6.07, 6.45) is 6.89. The number of nitrogens with zero attached hydrogens (tertiary/aromatic N) is 3. The van der Waals surface area contributed by atoms with E-state index in [0.717, 1.165) is 5.56 Å². The summed E-state index contributed by atoms with van der Waals surface area (Å²) in [5.41, 5.74) is 0.850. The van der Waals surface area contributed by atoms with Gasteiger partial charge in [-0.1, -0.05) is 5.92 Å². The smallest absolute Gasteiger partial charge is 0.229 e. The molecule has 2 heterocycles. The molecule has 2 aromatic rings. The van der Waals surface area contributed by atoms with E-state index in [1.807, 2.05) is 12.1 Å². The van der Waals surface area contributed by atoms with E-state index >= 15 is 0 Å². The first-order chi connectivity index (χ1) is 11.1. The van der Waals surface area contributed by atoms with Crippen molar-refractivity contribution in [3.8, 4) is 23.8 Å². The van der Waals surface area contributed by atoms with E-state index in [1.165, 1.54) is 6.33 Å². The fraction of sp³-hybridized carbons (Fsp3) is 0.267. The first kappa shape index (κ1) is 15.4. The molecule has 3 rings (SSSR count). The number of carbonyl (C=O) groups excluding carboxylic acids is 1. The Morgan fingerprint density at radius 2 is 2.39 bits per heavy atom. The quantitative estimate of drug-likeness (QED) is 0.825. The molecule has 0 aliphatic carbocycles. The molecule has 0 bridgehead atoms. The highest BCUT2D eigenvalue weighted by atomic mass is 79.9. The van der Waals surface area contributed by atoms with Crippen LogP contribution in [-0.2, 0) is 4.79 Å². The van der Waals surface area contributed by atoms with Gasteiger partial charge in [0.15, 0.2) is 11.5 Å². The fourth-order valence-corrected chi connectivity index (χ4v) is 3.02. The van der Waals surface area contributed by atoms with Crippen molar-refractivity contribution >= 4 is 27.8 Å². The van der Waals surface area contributed by atoms with E-state index in [0.29, 0.717) is 21.9 Å². The normalized spacial score (nSPS) is 16.2. The molecule has 1 aliphatic heterocycles. The van der Waals surface area contributed by atoms with Crippen molar-refractivity contribution in [2.45, 2.75) is 12.5 Å². The monoisotopic (exact) mass is 376 g/mol. The average molecular weight is 377 g/mol. The summed E-state index contributed by atoms with van der Waals surface area (Å²) in [6.45, 7) is 0.132. The number of amides is 1. The van der Waals surface area contributed by atoms with Crippen molar-refractivity contribution in [2.75, 3.05) is 19.0 Å². The molecule has 0 fully saturated rings. The van der Waals surface area contributed by atoms with Crippen LogP contribution < -0.4 is 14.8 Å². The van der Waals surface area contributed by atoms with Gasteiger partial charge in [-0.2, -0.15) is 10.1 Å². The van der Waals surface area contributed by atoms with Crippen LogP contribution in [0.3, 0.4) is 0 Å². The Labute approximate surface area is 141 Å². The van der Waals surface area contributed by atoms with Gasteiger partial charge in [-0.05, 0) is 33.6 Å². The van der Waals surface area contributed by atoms with Gasteiger partial charge in [0, 0.05) is 0 Å². The van der Waals surface area contributed by atoms with Crippen molar-refractivity contribution in [3.63, 3.8) is 0 Å². The number of terminal acetylenes is 1. The molecule has 23 heavy (non-hydrogen) atoms. The standard InChI is InChI=1S/C15H13BrN4O3/c1-3-4-23-14-10(16)5-9(6-12(14)22-2)11-7-13(21)19-15-17-8-18-20(11)15/h1,5-6,8,11H,4,7H2,2H3,(H,17,18,19,21)/t11-/m1/s1. The Bertz CT molecular complexity index is 797. The highest BCUT2D eigenvalue weighted by Crippen LogP contribution is 2.40. The third-order valence-electron chi connectivity index (χ3n) is 3.43. The number of fused-ring (bicyclic) bond motifs is 1. The second kappa shape index (κ2) is 6.30. The van der Waals surface area contributed by atoms with Crippen LogP contribution in [0, 0.1) is 12.3 Å². The lowest BCUT2D eigenvalue weighted by Gasteiger charge is -2.24. The van der Waals surface area contributed by atoms with Crippen LogP contribution in [0.1, 0.15) is 18.0 Å². The van der Waals surface area contributed by atoms with E-state index in [9.17, 15) is 4.79 Å². The van der Waals surface area contributed by atoms with Gasteiger partial charge < -0.3 is 9.47 Å². The van der Waals surface area contributed by atoms with Crippen LogP contribution >= 0.6 is 15.9 Å². The Balaban J connectivity index is 2.03. The lowest BCUT2D eigenvalue weighted by atomic mass is 10.0. The molecule has 1 N–H and O–H groups in total. The lowest BCUT2D eigenvalue weighted by molar-refractivity contribution is -0.117. The van der Waals surface area contributed by atoms with Crippen molar-refractivity contribution in [1.82, 2.24) is 14.8 Å². The summed E-state index contributed by atoms with van der Waals surface area (Å²) < 4.78 is 13.2. The van der Waals surface area contributed by atoms with Crippen LogP contribution in [0.5, 0.6) is 11.5 Å². The number of methoxy groups -OCH3 is 1. The van der Waals surface area contributed by atoms with Gasteiger partial charge in [-0.25, -0.2) is 4.68 Å². The molecule has 0 radical (unpaired) electrons. The number of benzene rings is 1. The molecule has 0 saturated heterocycles. The SMILES string of the molecule is C#CCOc1c(Br)cc([C@H]2CC(=O)Nc3ncnn32)cc1OC. The van der Waals surface area contributed by atoms with Crippen LogP contribution in [0.4, 0.5) is 5.95 Å². The topological polar surface area (TPSA) is 78.3 Å². The maximum Gasteiger partial charge on any atom is 0.229 e. The highest BCUT2D eigenvalue weighted by Gasteiger charge is 2.29. The van der Waals surface area contributed by atoms with E-state index in [2.05, 4.69) is 37.2 Å². The summed E-state index contributed by atoms with van der Waals surface area (Å²) >= 11 is 3.46. The minimum atomic E-state index is -0.270. The Hall–Kier alpha value is -2.53. The molecular weight excluding hydrogens is 364 g/mol. The maximum atomic E-state index is 11.9. The van der Waals surface area contributed by atoms with Crippen molar-refractivity contribution < 1.29 is 14.3 Å². The summed E-state index contributed by atoms with van der Waals surface area (Å²) in [5, 5.41) is 6.87. The minimum Gasteiger partial charge on any atom is -0.493 e. The van der Waals surface area contributed by atoms with Crippen molar-refractivity contribution in [2.24, 2.45) is 0 Å². The summed E-state index contributed by atoms with van der Waals surface area (Å²) in [5.74, 6) is 3.77. The second-order valence-corrected chi connectivity index (χ2v) is 5.68. The van der Waals surface area contributed by atoms with Gasteiger partial charge in [0.1, 0.15) is 12.9 Å². The van der Waals surface area contributed by atoms with Gasteiger partial charge >= 0.3 is 0 Å². The van der Waals surface area contributed by atoms with Crippen LogP contribution in [0.2, 0.25) is 0 Å². The molecule has 0 unspecified atom stereocenters. The van der Waals surface area contributed by atoms with Gasteiger partial charge in [0.05, 0.1) is 24.0 Å². The predicted molar refractivity (Wildman–Crippen MR) is 86.4 cm³/mol. The fourth-order valence-electron chi connectivity index (χ4n) is 2.45. The number of ether oxygens (including phenoxy) is 2. The number of aromatic nitrogens is 3. The second-order valence-electron chi connectivity index (χ2n) is 4.82. The molecule has 1 amide bonds. The number of hydrogen-bond donors (Lipinski definition) is 1. The lowest BCUT2D eigenvalue weighted by Crippen LogP contribution is -2.29. The first-order valence-corrected chi connectivity index (χ1v) is 7.56. The van der Waals surface area contributed by atoms with Crippen LogP contribution in [-0.4, -0.2) is 34.4 Å². The zero-order chi connectivity index (χ0) is 16.4. The number of carbonyl (C=O) groups is 1. The Morgan fingerprint density at radius 3 is 3.13 bits per heavy atom. The summed E-state index contributed by atoms with van der Waals surface area (Å²) in [7, 11) is 1.54. The summed E-state index contributed by atoms with van der Waals surface area (Å²) in [4.78, 5) is 15.9. The van der Waals surface area contributed by atoms with Crippen LogP contribution in [0.25, 0.3) is 0 Å². The highest BCUT2D eigenvalue weighted by molar-refractivity contribution is 9.10. The zero-order valence-electron chi connectivity index (χ0n) is 12.2. The third-order valence-corrected chi connectivity index (χ3v) is 4.02. The van der Waals surface area contributed by atoms with Crippen LogP contribution in [0.15, 0.2) is 22.9 Å². The number of rotatable bonds is 4. The van der Waals surface area contributed by atoms with E-state index in [4.69, 9.17) is 15.9 Å². The predicted octanol–water partition coefficient (Wildman–Crippen LogP) is 1.99. The molecule has 0 spiro atoms. The van der Waals surface area contributed by atoms with Gasteiger partial charge in [0.25, 0.3) is 0 Å². The molecule has 118 valence electrons. The molecule has 7 nitrogen and oxygen atoms in total. The maximum absolute atomic E-state index is 11.9. The molecule has 0 saturated carbocycles. The van der Waals surface area contributed by atoms with E-state index in [-0.39, 0.29) is 25.0 Å². The molecule has 1 aromatic carbocycles. The number of halogens is 1. The van der Waals surface area contributed by atoms with Gasteiger partial charge in [-0.15, -0.1) is 6.42 Å². The van der Waals surface area contributed by atoms with Gasteiger partial charge in [-0.3, -0.25) is 10.1 Å². The zero-order valence-corrected chi connectivity index (χ0v) is 13.8. The minimum absolute atomic E-state index is 0.113. The molecular formula is C15H13BrN4O3. The Morgan fingerprint density at radius 1 is 1.57 bits per heavy atom. The van der Waals surface area contributed by atoms with Crippen molar-refractivity contribution in [1.29, 1.82) is 0 Å².